The molecule has 30 heavy (non-hydrogen) atoms. The maximum absolute atomic E-state index is 12.5. The van der Waals surface area contributed by atoms with Crippen LogP contribution in [-0.4, -0.2) is 35.1 Å². The number of aliphatic carboxylic acids is 1. The molecule has 2 aromatic carbocycles. The number of carbonyl (C=O) groups is 2. The Morgan fingerprint density at radius 2 is 1.83 bits per heavy atom. The maximum atomic E-state index is 12.5. The van der Waals surface area contributed by atoms with Crippen LogP contribution in [0.4, 0.5) is 0 Å². The zero-order chi connectivity index (χ0) is 21.2. The minimum absolute atomic E-state index is 0.102. The molecular formula is C23H23NO5S. The minimum atomic E-state index is -0.808. The summed E-state index contributed by atoms with van der Waals surface area (Å²) in [5, 5.41) is 11.6. The molecule has 0 aliphatic rings. The summed E-state index contributed by atoms with van der Waals surface area (Å²) in [7, 11) is 0. The Hall–Kier alpha value is -3.19. The molecule has 0 atom stereocenters. The van der Waals surface area contributed by atoms with E-state index in [9.17, 15) is 9.59 Å². The number of benzene rings is 2. The van der Waals surface area contributed by atoms with Gasteiger partial charge in [0.2, 0.25) is 0 Å². The van der Waals surface area contributed by atoms with Gasteiger partial charge in [0.05, 0.1) is 18.6 Å². The fraction of sp³-hybridized carbons (Fsp3) is 0.217. The second kappa shape index (κ2) is 11.1. The van der Waals surface area contributed by atoms with E-state index in [2.05, 4.69) is 5.32 Å². The molecule has 2 N–H and O–H groups in total. The van der Waals surface area contributed by atoms with E-state index in [0.717, 1.165) is 29.1 Å². The lowest BCUT2D eigenvalue weighted by molar-refractivity contribution is -0.133. The van der Waals surface area contributed by atoms with Gasteiger partial charge >= 0.3 is 5.97 Å². The van der Waals surface area contributed by atoms with Gasteiger partial charge in [0, 0.05) is 23.2 Å². The Bertz CT molecular complexity index is 954. The predicted molar refractivity (Wildman–Crippen MR) is 117 cm³/mol. The number of carbonyl (C=O) groups excluding carboxylic acids is 1. The third-order valence-corrected chi connectivity index (χ3v) is 5.31. The summed E-state index contributed by atoms with van der Waals surface area (Å²) < 4.78 is 11.2. The zero-order valence-corrected chi connectivity index (χ0v) is 17.2. The molecule has 0 saturated heterocycles. The van der Waals surface area contributed by atoms with Gasteiger partial charge < -0.3 is 19.6 Å². The van der Waals surface area contributed by atoms with Crippen LogP contribution in [0.15, 0.2) is 71.3 Å². The summed E-state index contributed by atoms with van der Waals surface area (Å²) in [6.45, 7) is 0.842. The molecule has 7 heteroatoms. The van der Waals surface area contributed by atoms with Gasteiger partial charge in [-0.15, -0.1) is 0 Å². The lowest BCUT2D eigenvalue weighted by Crippen LogP contribution is -2.23. The third kappa shape index (κ3) is 6.42. The largest absolute Gasteiger partial charge is 0.493 e. The van der Waals surface area contributed by atoms with Gasteiger partial charge in [-0.3, -0.25) is 9.59 Å². The van der Waals surface area contributed by atoms with Crippen LogP contribution in [0, 0.1) is 0 Å². The van der Waals surface area contributed by atoms with Crippen LogP contribution >= 0.6 is 11.8 Å². The van der Waals surface area contributed by atoms with Gasteiger partial charge in [-0.1, -0.05) is 30.3 Å². The van der Waals surface area contributed by atoms with E-state index in [0.29, 0.717) is 24.5 Å². The average molecular weight is 426 g/mol. The minimum Gasteiger partial charge on any atom is -0.493 e. The molecule has 0 bridgehead atoms. The van der Waals surface area contributed by atoms with E-state index < -0.39 is 5.97 Å². The number of carboxylic acids is 1. The first-order valence-corrected chi connectivity index (χ1v) is 10.7. The fourth-order valence-electron chi connectivity index (χ4n) is 2.80. The van der Waals surface area contributed by atoms with Crippen molar-refractivity contribution in [3.8, 4) is 17.1 Å². The first-order chi connectivity index (χ1) is 14.6. The summed E-state index contributed by atoms with van der Waals surface area (Å²) in [5.74, 6) is 1.33. The topological polar surface area (TPSA) is 88.8 Å². The van der Waals surface area contributed by atoms with E-state index in [1.54, 1.807) is 18.4 Å². The van der Waals surface area contributed by atoms with Crippen molar-refractivity contribution in [2.45, 2.75) is 13.0 Å². The van der Waals surface area contributed by atoms with Gasteiger partial charge in [0.15, 0.2) is 0 Å². The highest BCUT2D eigenvalue weighted by Gasteiger charge is 2.09. The molecule has 1 heterocycles. The number of thioether (sulfide) groups is 1. The van der Waals surface area contributed by atoms with Crippen LogP contribution in [0.25, 0.3) is 11.3 Å². The van der Waals surface area contributed by atoms with E-state index in [-0.39, 0.29) is 11.7 Å². The molecule has 0 spiro atoms. The van der Waals surface area contributed by atoms with E-state index >= 15 is 0 Å². The Kier molecular flexibility index (Phi) is 7.97. The number of hydrogen-bond donors (Lipinski definition) is 2. The number of amides is 1. The van der Waals surface area contributed by atoms with Crippen molar-refractivity contribution >= 4 is 23.6 Å². The lowest BCUT2D eigenvalue weighted by atomic mass is 10.1. The number of hydrogen-bond acceptors (Lipinski definition) is 5. The van der Waals surface area contributed by atoms with E-state index in [1.165, 1.54) is 11.8 Å². The molecule has 0 unspecified atom stereocenters. The average Bonchev–Trinajstić information content (AvgIpc) is 3.30. The number of nitrogens with one attached hydrogen (secondary N) is 1. The highest BCUT2D eigenvalue weighted by Crippen LogP contribution is 2.21. The van der Waals surface area contributed by atoms with E-state index in [4.69, 9.17) is 14.3 Å². The first kappa shape index (κ1) is 21.5. The molecule has 0 saturated carbocycles. The first-order valence-electron chi connectivity index (χ1n) is 9.56. The predicted octanol–water partition coefficient (Wildman–Crippen LogP) is 4.46. The molecule has 0 fully saturated rings. The molecule has 0 aliphatic carbocycles. The number of ether oxygens (including phenoxy) is 1. The lowest BCUT2D eigenvalue weighted by Gasteiger charge is -2.12. The fourth-order valence-corrected chi connectivity index (χ4v) is 3.44. The molecule has 1 aromatic heterocycles. The van der Waals surface area contributed by atoms with Gasteiger partial charge in [-0.25, -0.2) is 0 Å². The standard InChI is InChI=1S/C23H23NO5S/c25-22(26)16-30-14-4-13-29-21-6-2-1-5-19(21)15-24-23(27)18-10-8-17(9-11-18)20-7-3-12-28-20/h1-3,5-12H,4,13-16H2,(H,24,27)(H,25,26). The van der Waals surface area contributed by atoms with Gasteiger partial charge in [-0.2, -0.15) is 11.8 Å². The van der Waals surface area contributed by atoms with Crippen molar-refractivity contribution in [3.63, 3.8) is 0 Å². The molecule has 3 rings (SSSR count). The van der Waals surface area contributed by atoms with Crippen molar-refractivity contribution in [2.24, 2.45) is 0 Å². The molecule has 156 valence electrons. The van der Waals surface area contributed by atoms with Crippen LogP contribution in [0.5, 0.6) is 5.75 Å². The van der Waals surface area contributed by atoms with Gasteiger partial charge in [0.1, 0.15) is 11.5 Å². The van der Waals surface area contributed by atoms with Crippen molar-refractivity contribution in [1.29, 1.82) is 0 Å². The molecule has 0 radical (unpaired) electrons. The maximum Gasteiger partial charge on any atom is 0.313 e. The van der Waals surface area contributed by atoms with Gasteiger partial charge in [-0.05, 0) is 42.5 Å². The second-order valence-electron chi connectivity index (χ2n) is 6.49. The summed E-state index contributed by atoms with van der Waals surface area (Å²) in [4.78, 5) is 23.0. The van der Waals surface area contributed by atoms with Crippen LogP contribution < -0.4 is 10.1 Å². The quantitative estimate of drug-likeness (QED) is 0.441. The molecular weight excluding hydrogens is 402 g/mol. The second-order valence-corrected chi connectivity index (χ2v) is 7.60. The summed E-state index contributed by atoms with van der Waals surface area (Å²) in [5.41, 5.74) is 2.37. The van der Waals surface area contributed by atoms with Crippen LogP contribution in [0.3, 0.4) is 0 Å². The van der Waals surface area contributed by atoms with E-state index in [1.807, 2.05) is 48.5 Å². The van der Waals surface area contributed by atoms with Crippen molar-refractivity contribution in [3.05, 3.63) is 78.1 Å². The Morgan fingerprint density at radius 1 is 1.03 bits per heavy atom. The number of carboxylic acid groups (broad SMARTS) is 1. The third-order valence-electron chi connectivity index (χ3n) is 4.28. The van der Waals surface area contributed by atoms with Crippen LogP contribution in [0.2, 0.25) is 0 Å². The number of para-hydroxylation sites is 1. The Labute approximate surface area is 179 Å². The highest BCUT2D eigenvalue weighted by molar-refractivity contribution is 7.99. The summed E-state index contributed by atoms with van der Waals surface area (Å²) in [6.07, 6.45) is 2.37. The molecule has 1 amide bonds. The SMILES string of the molecule is O=C(O)CSCCCOc1ccccc1CNC(=O)c1ccc(-c2ccco2)cc1. The molecule has 6 nitrogen and oxygen atoms in total. The monoisotopic (exact) mass is 425 g/mol. The Morgan fingerprint density at radius 3 is 2.57 bits per heavy atom. The zero-order valence-electron chi connectivity index (χ0n) is 16.4. The normalized spacial score (nSPS) is 10.5. The van der Waals surface area contributed by atoms with Crippen molar-refractivity contribution < 1.29 is 23.8 Å². The molecule has 0 aliphatic heterocycles. The van der Waals surface area contributed by atoms with Crippen LogP contribution in [0.1, 0.15) is 22.3 Å². The summed E-state index contributed by atoms with van der Waals surface area (Å²) in [6, 6.07) is 18.5. The van der Waals surface area contributed by atoms with Crippen molar-refractivity contribution in [1.82, 2.24) is 5.32 Å². The van der Waals surface area contributed by atoms with Crippen LogP contribution in [-0.2, 0) is 11.3 Å². The molecule has 3 aromatic rings. The number of rotatable bonds is 11. The number of furan rings is 1. The van der Waals surface area contributed by atoms with Gasteiger partial charge in [0.25, 0.3) is 5.91 Å². The van der Waals surface area contributed by atoms with Crippen molar-refractivity contribution in [2.75, 3.05) is 18.1 Å². The Balaban J connectivity index is 1.49. The summed E-state index contributed by atoms with van der Waals surface area (Å²) >= 11 is 1.37. The highest BCUT2D eigenvalue weighted by atomic mass is 32.2. The smallest absolute Gasteiger partial charge is 0.313 e.